The first kappa shape index (κ1) is 25.2. The van der Waals surface area contributed by atoms with Crippen LogP contribution in [0.15, 0.2) is 47.4 Å². The van der Waals surface area contributed by atoms with Crippen molar-refractivity contribution in [1.29, 1.82) is 0 Å². The van der Waals surface area contributed by atoms with E-state index in [0.29, 0.717) is 11.7 Å². The van der Waals surface area contributed by atoms with Crippen LogP contribution in [0.25, 0.3) is 0 Å². The van der Waals surface area contributed by atoms with Crippen LogP contribution in [-0.4, -0.2) is 35.9 Å². The molecule has 2 aromatic carbocycles. The van der Waals surface area contributed by atoms with Gasteiger partial charge in [0.25, 0.3) is 0 Å². The molecular formula is C26H35NO5S. The van der Waals surface area contributed by atoms with E-state index < -0.39 is 16.0 Å². The van der Waals surface area contributed by atoms with Crippen LogP contribution in [0.3, 0.4) is 0 Å². The van der Waals surface area contributed by atoms with Gasteiger partial charge in [-0.05, 0) is 67.9 Å². The van der Waals surface area contributed by atoms with Crippen molar-refractivity contribution >= 4 is 16.0 Å². The van der Waals surface area contributed by atoms with Crippen LogP contribution in [0, 0.1) is 12.8 Å². The van der Waals surface area contributed by atoms with Gasteiger partial charge in [-0.2, -0.15) is 4.31 Å². The lowest BCUT2D eigenvalue weighted by Crippen LogP contribution is -2.43. The summed E-state index contributed by atoms with van der Waals surface area (Å²) < 4.78 is 34.7. The van der Waals surface area contributed by atoms with Crippen molar-refractivity contribution in [1.82, 2.24) is 4.31 Å². The van der Waals surface area contributed by atoms with Crippen molar-refractivity contribution in [3.8, 4) is 5.75 Å². The van der Waals surface area contributed by atoms with Crippen LogP contribution >= 0.6 is 0 Å². The van der Waals surface area contributed by atoms with Crippen LogP contribution < -0.4 is 4.74 Å². The maximum Gasteiger partial charge on any atom is 0.303 e. The first-order valence-corrected chi connectivity index (χ1v) is 13.0. The van der Waals surface area contributed by atoms with Crippen LogP contribution in [-0.2, 0) is 21.4 Å². The molecule has 6 nitrogen and oxygen atoms in total. The maximum atomic E-state index is 13.6. The second-order valence-corrected chi connectivity index (χ2v) is 11.4. The molecule has 180 valence electrons. The first-order valence-electron chi connectivity index (χ1n) is 11.6. The highest BCUT2D eigenvalue weighted by atomic mass is 32.2. The lowest BCUT2D eigenvalue weighted by molar-refractivity contribution is -0.137. The van der Waals surface area contributed by atoms with E-state index in [-0.39, 0.29) is 35.9 Å². The van der Waals surface area contributed by atoms with E-state index in [4.69, 9.17) is 4.74 Å². The van der Waals surface area contributed by atoms with E-state index >= 15 is 0 Å². The van der Waals surface area contributed by atoms with Gasteiger partial charge >= 0.3 is 5.97 Å². The molecule has 3 rings (SSSR count). The zero-order valence-electron chi connectivity index (χ0n) is 20.1. The molecular weight excluding hydrogens is 438 g/mol. The Balaban J connectivity index is 1.98. The van der Waals surface area contributed by atoms with Gasteiger partial charge < -0.3 is 9.84 Å². The van der Waals surface area contributed by atoms with Crippen molar-refractivity contribution in [2.75, 3.05) is 0 Å². The van der Waals surface area contributed by atoms with E-state index in [0.717, 1.165) is 29.5 Å². The van der Waals surface area contributed by atoms with Crippen molar-refractivity contribution in [2.24, 2.45) is 5.92 Å². The number of benzene rings is 2. The molecule has 0 bridgehead atoms. The summed E-state index contributed by atoms with van der Waals surface area (Å²) in [6, 6.07) is 12.3. The summed E-state index contributed by atoms with van der Waals surface area (Å²) in [5, 5.41) is 9.45. The lowest BCUT2D eigenvalue weighted by atomic mass is 9.87. The van der Waals surface area contributed by atoms with Gasteiger partial charge in [0.2, 0.25) is 10.0 Å². The molecule has 0 saturated heterocycles. The highest BCUT2D eigenvalue weighted by Crippen LogP contribution is 2.35. The number of sulfonamides is 1. The molecule has 1 aliphatic heterocycles. The van der Waals surface area contributed by atoms with Gasteiger partial charge in [-0.15, -0.1) is 0 Å². The summed E-state index contributed by atoms with van der Waals surface area (Å²) in [5.74, 6) is -0.0709. The molecule has 0 aromatic heterocycles. The minimum absolute atomic E-state index is 0.0614. The van der Waals surface area contributed by atoms with Crippen molar-refractivity contribution in [3.63, 3.8) is 0 Å². The van der Waals surface area contributed by atoms with E-state index in [1.165, 1.54) is 4.31 Å². The molecule has 0 aliphatic carbocycles. The molecule has 0 saturated carbocycles. The predicted octanol–water partition coefficient (Wildman–Crippen LogP) is 5.35. The third kappa shape index (κ3) is 5.76. The minimum atomic E-state index is -3.78. The molecule has 0 amide bonds. The fraction of sp³-hybridized carbons (Fsp3) is 0.500. The first-order chi connectivity index (χ1) is 15.5. The summed E-state index contributed by atoms with van der Waals surface area (Å²) in [7, 11) is -3.78. The Bertz CT molecular complexity index is 1100. The quantitative estimate of drug-likeness (QED) is 0.559. The van der Waals surface area contributed by atoms with Crippen LogP contribution in [0.2, 0.25) is 0 Å². The third-order valence-corrected chi connectivity index (χ3v) is 8.54. The fourth-order valence-corrected chi connectivity index (χ4v) is 6.07. The van der Waals surface area contributed by atoms with E-state index in [9.17, 15) is 18.3 Å². The molecule has 1 aliphatic rings. The molecule has 0 spiro atoms. The van der Waals surface area contributed by atoms with Gasteiger partial charge in [-0.3, -0.25) is 4.79 Å². The molecule has 2 aromatic rings. The molecule has 7 heteroatoms. The number of carboxylic acids is 1. The van der Waals surface area contributed by atoms with Gasteiger partial charge in [0.1, 0.15) is 16.7 Å². The number of carbonyl (C=O) groups is 1. The van der Waals surface area contributed by atoms with Gasteiger partial charge in [-0.25, -0.2) is 8.42 Å². The Kier molecular flexibility index (Phi) is 7.85. The largest absolute Gasteiger partial charge is 0.488 e. The number of ether oxygens (including phenoxy) is 1. The number of aryl methyl sites for hydroxylation is 1. The monoisotopic (exact) mass is 473 g/mol. The van der Waals surface area contributed by atoms with E-state index in [1.807, 2.05) is 39.0 Å². The Morgan fingerprint density at radius 1 is 1.12 bits per heavy atom. The highest BCUT2D eigenvalue weighted by molar-refractivity contribution is 7.89. The third-order valence-electron chi connectivity index (χ3n) is 6.57. The second-order valence-electron chi connectivity index (χ2n) is 9.51. The number of aliphatic carboxylic acids is 1. The Labute approximate surface area is 197 Å². The number of hydrogen-bond donors (Lipinski definition) is 1. The standard InChI is InChI=1S/C26H35NO5S/c1-17(2)10-12-22(15-26(28)29)21-13-11-18(3)23(14-21)16-27-19(4)20(5)32-24-8-6-7-9-25(24)33(27,30)31/h6-9,11,13-14,17,19-20,22H,10,12,15-16H2,1-5H3,(H,28,29)/t19-,20?,22?/m1/s1. The molecule has 0 fully saturated rings. The normalized spacial score (nSPS) is 21.2. The summed E-state index contributed by atoms with van der Waals surface area (Å²) in [4.78, 5) is 11.7. The predicted molar refractivity (Wildman–Crippen MR) is 129 cm³/mol. The van der Waals surface area contributed by atoms with E-state index in [1.54, 1.807) is 24.3 Å². The van der Waals surface area contributed by atoms with E-state index in [2.05, 4.69) is 13.8 Å². The zero-order chi connectivity index (χ0) is 24.3. The van der Waals surface area contributed by atoms with Crippen molar-refractivity contribution in [2.45, 2.75) is 83.4 Å². The molecule has 3 atom stereocenters. The average molecular weight is 474 g/mol. The number of rotatable bonds is 8. The number of fused-ring (bicyclic) bond motifs is 1. The van der Waals surface area contributed by atoms with Crippen molar-refractivity contribution in [3.05, 3.63) is 59.2 Å². The van der Waals surface area contributed by atoms with Gasteiger partial charge in [-0.1, -0.05) is 50.6 Å². The maximum absolute atomic E-state index is 13.6. The number of hydrogen-bond acceptors (Lipinski definition) is 4. The summed E-state index contributed by atoms with van der Waals surface area (Å²) in [6.45, 7) is 10.2. The zero-order valence-corrected chi connectivity index (χ0v) is 20.9. The number of carboxylic acid groups (broad SMARTS) is 1. The molecule has 1 N–H and O–H groups in total. The van der Waals surface area contributed by atoms with Crippen LogP contribution in [0.5, 0.6) is 5.75 Å². The Morgan fingerprint density at radius 2 is 1.82 bits per heavy atom. The second kappa shape index (κ2) is 10.3. The fourth-order valence-electron chi connectivity index (χ4n) is 4.28. The van der Waals surface area contributed by atoms with Crippen molar-refractivity contribution < 1.29 is 23.1 Å². The SMILES string of the molecule is Cc1ccc(C(CCC(C)C)CC(=O)O)cc1CN1[C@H](C)C(C)Oc2ccccc2S1(=O)=O. The lowest BCUT2D eigenvalue weighted by Gasteiger charge is -2.29. The number of nitrogens with zero attached hydrogens (tertiary/aromatic N) is 1. The van der Waals surface area contributed by atoms with Gasteiger partial charge in [0, 0.05) is 6.54 Å². The van der Waals surface area contributed by atoms with Crippen LogP contribution in [0.1, 0.15) is 69.6 Å². The minimum Gasteiger partial charge on any atom is -0.488 e. The van der Waals surface area contributed by atoms with Gasteiger partial charge in [0.05, 0.1) is 12.5 Å². The smallest absolute Gasteiger partial charge is 0.303 e. The molecule has 33 heavy (non-hydrogen) atoms. The summed E-state index contributed by atoms with van der Waals surface area (Å²) in [5.41, 5.74) is 2.81. The molecule has 2 unspecified atom stereocenters. The Hall–Kier alpha value is -2.38. The molecule has 0 radical (unpaired) electrons. The molecule has 1 heterocycles. The summed E-state index contributed by atoms with van der Waals surface area (Å²) >= 11 is 0. The summed E-state index contributed by atoms with van der Waals surface area (Å²) in [6.07, 6.45) is 1.46. The topological polar surface area (TPSA) is 83.9 Å². The van der Waals surface area contributed by atoms with Crippen LogP contribution in [0.4, 0.5) is 0 Å². The van der Waals surface area contributed by atoms with Gasteiger partial charge in [0.15, 0.2) is 0 Å². The highest BCUT2D eigenvalue weighted by Gasteiger charge is 2.38. The number of para-hydroxylation sites is 1. The Morgan fingerprint density at radius 3 is 2.48 bits per heavy atom. The average Bonchev–Trinajstić information content (AvgIpc) is 2.81.